The van der Waals surface area contributed by atoms with Crippen molar-refractivity contribution in [2.24, 2.45) is 0 Å². The van der Waals surface area contributed by atoms with Crippen LogP contribution in [0.15, 0.2) is 60.9 Å². The summed E-state index contributed by atoms with van der Waals surface area (Å²) in [6, 6.07) is 12.7. The Labute approximate surface area is 247 Å². The number of hydrogen-bond acceptors (Lipinski definition) is 6. The molecule has 2 N–H and O–H groups in total. The average Bonchev–Trinajstić information content (AvgIpc) is 3.64. The fourth-order valence-electron chi connectivity index (χ4n) is 4.72. The molecule has 1 saturated carbocycles. The normalized spacial score (nSPS) is 13.3. The zero-order chi connectivity index (χ0) is 31.1. The van der Waals surface area contributed by atoms with Gasteiger partial charge in [0.25, 0.3) is 12.3 Å². The van der Waals surface area contributed by atoms with Gasteiger partial charge in [-0.1, -0.05) is 18.2 Å². The van der Waals surface area contributed by atoms with E-state index in [0.717, 1.165) is 17.7 Å². The summed E-state index contributed by atoms with van der Waals surface area (Å²) in [7, 11) is 0. The smallest absolute Gasteiger partial charge is 0.415 e. The van der Waals surface area contributed by atoms with E-state index in [1.54, 1.807) is 58.0 Å². The molecule has 0 aliphatic heterocycles. The molecule has 1 aliphatic rings. The molecule has 43 heavy (non-hydrogen) atoms. The number of hydrogen-bond donors (Lipinski definition) is 2. The first-order valence-electron chi connectivity index (χ1n) is 13.9. The van der Waals surface area contributed by atoms with Gasteiger partial charge in [0.2, 0.25) is 0 Å². The van der Waals surface area contributed by atoms with Crippen LogP contribution < -0.4 is 10.2 Å². The van der Waals surface area contributed by atoms with Crippen molar-refractivity contribution in [3.63, 3.8) is 0 Å². The summed E-state index contributed by atoms with van der Waals surface area (Å²) >= 11 is 0. The molecular weight excluding hydrogens is 558 g/mol. The molecule has 2 amide bonds. The number of aryl methyl sites for hydroxylation is 1. The number of aromatic nitrogens is 2. The summed E-state index contributed by atoms with van der Waals surface area (Å²) in [5.74, 6) is -1.01. The molecule has 0 atom stereocenters. The van der Waals surface area contributed by atoms with Crippen molar-refractivity contribution in [2.45, 2.75) is 58.6 Å². The van der Waals surface area contributed by atoms with Crippen LogP contribution in [0.25, 0.3) is 16.9 Å². The molecule has 2 aromatic carbocycles. The lowest BCUT2D eigenvalue weighted by atomic mass is 10.0. The number of anilines is 1. The highest BCUT2D eigenvalue weighted by Gasteiger charge is 2.30. The number of imidazole rings is 1. The maximum Gasteiger partial charge on any atom is 0.415 e. The fourth-order valence-corrected chi connectivity index (χ4v) is 4.72. The van der Waals surface area contributed by atoms with Gasteiger partial charge in [0.1, 0.15) is 11.4 Å². The van der Waals surface area contributed by atoms with E-state index in [9.17, 15) is 28.3 Å². The predicted molar refractivity (Wildman–Crippen MR) is 157 cm³/mol. The number of nitrogens with zero attached hydrogens (tertiary/aromatic N) is 3. The molecule has 2 heterocycles. The third-order valence-electron chi connectivity index (χ3n) is 6.90. The van der Waals surface area contributed by atoms with E-state index >= 15 is 0 Å². The number of para-hydroxylation sites is 1. The largest absolute Gasteiger partial charge is 0.507 e. The van der Waals surface area contributed by atoms with E-state index in [2.05, 4.69) is 10.3 Å². The lowest BCUT2D eigenvalue weighted by Gasteiger charge is -2.27. The first kappa shape index (κ1) is 29.7. The predicted octanol–water partition coefficient (Wildman–Crippen LogP) is 6.15. The summed E-state index contributed by atoms with van der Waals surface area (Å²) in [4.78, 5) is 44.7. The monoisotopic (exact) mass is 590 g/mol. The van der Waals surface area contributed by atoms with Crippen molar-refractivity contribution < 1.29 is 33.0 Å². The topological polar surface area (TPSA) is 113 Å². The minimum absolute atomic E-state index is 0.00554. The summed E-state index contributed by atoms with van der Waals surface area (Å²) in [5.41, 5.74) is 1.45. The number of aromatic hydroxyl groups is 1. The highest BCUT2D eigenvalue weighted by Crippen LogP contribution is 2.32. The molecule has 1 aliphatic carbocycles. The molecule has 2 aromatic heterocycles. The first-order valence-corrected chi connectivity index (χ1v) is 13.9. The van der Waals surface area contributed by atoms with Crippen molar-refractivity contribution in [2.75, 3.05) is 11.4 Å². The highest BCUT2D eigenvalue weighted by molar-refractivity contribution is 6.12. The second kappa shape index (κ2) is 11.5. The number of ketones is 1. The van der Waals surface area contributed by atoms with Gasteiger partial charge in [-0.3, -0.25) is 18.9 Å². The van der Waals surface area contributed by atoms with E-state index in [0.29, 0.717) is 22.4 Å². The maximum atomic E-state index is 13.8. The number of fused-ring (bicyclic) bond motifs is 1. The van der Waals surface area contributed by atoms with Gasteiger partial charge in [0.05, 0.1) is 29.7 Å². The second-order valence-corrected chi connectivity index (χ2v) is 11.6. The number of carbonyl (C=O) groups excluding carboxylic acids is 3. The van der Waals surface area contributed by atoms with E-state index in [4.69, 9.17) is 4.74 Å². The quantitative estimate of drug-likeness (QED) is 0.238. The molecule has 5 rings (SSSR count). The number of carbonyl (C=O) groups is 3. The van der Waals surface area contributed by atoms with Crippen LogP contribution in [0.4, 0.5) is 19.3 Å². The van der Waals surface area contributed by atoms with Gasteiger partial charge in [-0.05, 0) is 76.4 Å². The average molecular weight is 591 g/mol. The number of alkyl halides is 2. The number of amides is 2. The molecule has 9 nitrogen and oxygen atoms in total. The molecule has 0 saturated heterocycles. The minimum atomic E-state index is -2.92. The van der Waals surface area contributed by atoms with Gasteiger partial charge in [0.15, 0.2) is 11.4 Å². The van der Waals surface area contributed by atoms with Crippen LogP contribution in [0.2, 0.25) is 0 Å². The SMILES string of the molecule is Cc1cc(-c2cnc3c(N(CC(F)F)C(=O)OC(C)(C)C)cc(C(=O)c4ccccc4O)cn23)ccc1C(=O)NC1CC1. The van der Waals surface area contributed by atoms with Crippen LogP contribution >= 0.6 is 0 Å². The van der Waals surface area contributed by atoms with Crippen LogP contribution in [0, 0.1) is 6.92 Å². The van der Waals surface area contributed by atoms with Gasteiger partial charge in [-0.15, -0.1) is 0 Å². The molecule has 0 spiro atoms. The van der Waals surface area contributed by atoms with Gasteiger partial charge >= 0.3 is 6.09 Å². The van der Waals surface area contributed by atoms with E-state index < -0.39 is 30.4 Å². The Morgan fingerprint density at radius 3 is 2.47 bits per heavy atom. The zero-order valence-corrected chi connectivity index (χ0v) is 24.2. The van der Waals surface area contributed by atoms with Crippen molar-refractivity contribution in [1.29, 1.82) is 0 Å². The van der Waals surface area contributed by atoms with Crippen LogP contribution in [-0.4, -0.2) is 56.9 Å². The second-order valence-electron chi connectivity index (χ2n) is 11.6. The Kier molecular flexibility index (Phi) is 7.92. The van der Waals surface area contributed by atoms with Gasteiger partial charge in [-0.2, -0.15) is 0 Å². The van der Waals surface area contributed by atoms with E-state index in [1.165, 1.54) is 35.0 Å². The molecule has 0 radical (unpaired) electrons. The number of nitrogens with one attached hydrogen (secondary N) is 1. The molecular formula is C32H32F2N4O5. The number of pyridine rings is 1. The van der Waals surface area contributed by atoms with Crippen molar-refractivity contribution in [1.82, 2.24) is 14.7 Å². The van der Waals surface area contributed by atoms with Gasteiger partial charge in [-0.25, -0.2) is 18.6 Å². The Morgan fingerprint density at radius 1 is 1.12 bits per heavy atom. The number of halogens is 2. The molecule has 1 fully saturated rings. The third kappa shape index (κ3) is 6.50. The summed E-state index contributed by atoms with van der Waals surface area (Å²) in [6.07, 6.45) is 0.946. The lowest BCUT2D eigenvalue weighted by molar-refractivity contribution is 0.0543. The standard InChI is InChI=1S/C32H32F2N4O5/c1-18-13-19(9-12-22(18)30(41)36-21-10-11-21)25-15-35-29-24(38(17-27(33)34)31(42)43-32(2,3)4)14-20(16-37(25)29)28(40)23-7-5-6-8-26(23)39/h5-9,12-16,21,27,39H,10-11,17H2,1-4H3,(H,36,41). The highest BCUT2D eigenvalue weighted by atomic mass is 19.3. The Morgan fingerprint density at radius 2 is 1.84 bits per heavy atom. The number of benzene rings is 2. The number of phenols is 1. The van der Waals surface area contributed by atoms with Gasteiger partial charge < -0.3 is 15.2 Å². The van der Waals surface area contributed by atoms with Crippen LogP contribution in [0.3, 0.4) is 0 Å². The Balaban J connectivity index is 1.67. The number of phenolic OH excluding ortho intramolecular Hbond substituents is 1. The molecule has 11 heteroatoms. The first-order chi connectivity index (χ1) is 20.3. The van der Waals surface area contributed by atoms with Crippen molar-refractivity contribution in [3.05, 3.63) is 83.2 Å². The summed E-state index contributed by atoms with van der Waals surface area (Å²) < 4.78 is 34.6. The van der Waals surface area contributed by atoms with Crippen LogP contribution in [0.5, 0.6) is 5.75 Å². The van der Waals surface area contributed by atoms with Crippen LogP contribution in [0.1, 0.15) is 65.5 Å². The lowest BCUT2D eigenvalue weighted by Crippen LogP contribution is -2.40. The van der Waals surface area contributed by atoms with E-state index in [1.807, 2.05) is 0 Å². The van der Waals surface area contributed by atoms with Gasteiger partial charge in [0, 0.05) is 28.9 Å². The fraction of sp³-hybridized carbons (Fsp3) is 0.312. The van der Waals surface area contributed by atoms with Crippen molar-refractivity contribution in [3.8, 4) is 17.0 Å². The molecule has 4 aromatic rings. The molecule has 0 bridgehead atoms. The summed E-state index contributed by atoms with van der Waals surface area (Å²) in [6.45, 7) is 5.64. The molecule has 0 unspecified atom stereocenters. The summed E-state index contributed by atoms with van der Waals surface area (Å²) in [5, 5.41) is 13.3. The van der Waals surface area contributed by atoms with Crippen molar-refractivity contribution >= 4 is 29.1 Å². The van der Waals surface area contributed by atoms with E-state index in [-0.39, 0.29) is 40.2 Å². The molecule has 224 valence electrons. The number of ether oxygens (including phenoxy) is 1. The minimum Gasteiger partial charge on any atom is -0.507 e. The number of rotatable bonds is 8. The maximum absolute atomic E-state index is 13.8. The Bertz CT molecular complexity index is 1720. The zero-order valence-electron chi connectivity index (χ0n) is 24.2. The Hall–Kier alpha value is -4.80. The third-order valence-corrected chi connectivity index (χ3v) is 6.90. The van der Waals surface area contributed by atoms with Crippen LogP contribution in [-0.2, 0) is 4.74 Å².